The molecule has 0 radical (unpaired) electrons. The first kappa shape index (κ1) is 9.93. The molecule has 2 saturated heterocycles. The summed E-state index contributed by atoms with van der Waals surface area (Å²) in [5.41, 5.74) is 5.27. The third-order valence-corrected chi connectivity index (χ3v) is 3.83. The average Bonchev–Trinajstić information content (AvgIpc) is 2.18. The highest BCUT2D eigenvalue weighted by molar-refractivity contribution is 5.82. The Balaban J connectivity index is 2.26. The van der Waals surface area contributed by atoms with Crippen molar-refractivity contribution in [3.63, 3.8) is 0 Å². The molecule has 3 N–H and O–H groups in total. The molecule has 1 amide bonds. The summed E-state index contributed by atoms with van der Waals surface area (Å²) in [6.45, 7) is 2.86. The lowest BCUT2D eigenvalue weighted by molar-refractivity contribution is -0.136. The van der Waals surface area contributed by atoms with E-state index in [0.717, 1.165) is 38.9 Å². The minimum Gasteiger partial charge on any atom is -0.369 e. The number of carbonyl (C=O) groups is 1. The van der Waals surface area contributed by atoms with E-state index < -0.39 is 0 Å². The lowest BCUT2D eigenvalue weighted by Crippen LogP contribution is -2.64. The molecule has 2 rings (SSSR count). The summed E-state index contributed by atoms with van der Waals surface area (Å²) in [5, 5.41) is 3.30. The van der Waals surface area contributed by atoms with E-state index in [9.17, 15) is 4.79 Å². The quantitative estimate of drug-likeness (QED) is 0.598. The van der Waals surface area contributed by atoms with Crippen molar-refractivity contribution in [3.05, 3.63) is 0 Å². The van der Waals surface area contributed by atoms with Crippen molar-refractivity contribution in [2.75, 3.05) is 26.7 Å². The molecule has 0 aromatic rings. The number of nitrogens with zero attached hydrogens (tertiary/aromatic N) is 1. The van der Waals surface area contributed by atoms with E-state index in [-0.39, 0.29) is 11.3 Å². The molecule has 2 aliphatic rings. The fourth-order valence-electron chi connectivity index (χ4n) is 3.02. The number of hydrogen-bond donors (Lipinski definition) is 2. The van der Waals surface area contributed by atoms with Gasteiger partial charge in [0, 0.05) is 12.6 Å². The molecule has 0 spiro atoms. The number of amides is 1. The third-order valence-electron chi connectivity index (χ3n) is 3.83. The fraction of sp³-hybridized carbons (Fsp3) is 0.900. The van der Waals surface area contributed by atoms with E-state index in [4.69, 9.17) is 5.73 Å². The van der Waals surface area contributed by atoms with Gasteiger partial charge in [-0.2, -0.15) is 0 Å². The van der Waals surface area contributed by atoms with Crippen LogP contribution in [0.2, 0.25) is 0 Å². The van der Waals surface area contributed by atoms with Crippen LogP contribution < -0.4 is 11.1 Å². The van der Waals surface area contributed by atoms with Crippen LogP contribution >= 0.6 is 0 Å². The van der Waals surface area contributed by atoms with Gasteiger partial charge >= 0.3 is 0 Å². The van der Waals surface area contributed by atoms with Crippen LogP contribution in [0.25, 0.3) is 0 Å². The van der Waals surface area contributed by atoms with Crippen molar-refractivity contribution in [1.82, 2.24) is 10.2 Å². The number of hydrogen-bond acceptors (Lipinski definition) is 3. The number of fused-ring (bicyclic) bond motifs is 1. The number of rotatable bonds is 1. The molecule has 0 aromatic heterocycles. The van der Waals surface area contributed by atoms with Crippen LogP contribution in [0.3, 0.4) is 0 Å². The normalized spacial score (nSPS) is 39.1. The standard InChI is InChI=1S/C10H19N3O/c1-13-6-2-4-10(9(11)14)7-12-5-3-8(10)13/h8,12H,2-7H2,1H3,(H2,11,14). The molecule has 2 unspecified atom stereocenters. The zero-order valence-corrected chi connectivity index (χ0v) is 8.75. The van der Waals surface area contributed by atoms with Crippen molar-refractivity contribution in [2.45, 2.75) is 25.3 Å². The number of nitrogens with two attached hydrogens (primary N) is 1. The fourth-order valence-corrected chi connectivity index (χ4v) is 3.02. The second-order valence-electron chi connectivity index (χ2n) is 4.59. The molecule has 4 nitrogen and oxygen atoms in total. The van der Waals surface area contributed by atoms with Gasteiger partial charge in [-0.05, 0) is 39.4 Å². The maximum atomic E-state index is 11.6. The van der Waals surface area contributed by atoms with Crippen molar-refractivity contribution in [1.29, 1.82) is 0 Å². The first-order valence-electron chi connectivity index (χ1n) is 5.38. The van der Waals surface area contributed by atoms with Crippen LogP contribution in [-0.2, 0) is 4.79 Å². The van der Waals surface area contributed by atoms with Crippen molar-refractivity contribution >= 4 is 5.91 Å². The lowest BCUT2D eigenvalue weighted by atomic mass is 9.69. The van der Waals surface area contributed by atoms with Gasteiger partial charge in [0.2, 0.25) is 5.91 Å². The van der Waals surface area contributed by atoms with Gasteiger partial charge in [-0.25, -0.2) is 0 Å². The van der Waals surface area contributed by atoms with Gasteiger partial charge in [0.25, 0.3) is 0 Å². The SMILES string of the molecule is CN1CCCC2(C(N)=O)CNCCC12. The van der Waals surface area contributed by atoms with Crippen LogP contribution in [-0.4, -0.2) is 43.5 Å². The average molecular weight is 197 g/mol. The highest BCUT2D eigenvalue weighted by Crippen LogP contribution is 2.38. The Hall–Kier alpha value is -0.610. The van der Waals surface area contributed by atoms with E-state index in [1.54, 1.807) is 0 Å². The first-order chi connectivity index (χ1) is 6.67. The second-order valence-corrected chi connectivity index (χ2v) is 4.59. The monoisotopic (exact) mass is 197 g/mol. The zero-order valence-electron chi connectivity index (χ0n) is 8.75. The van der Waals surface area contributed by atoms with Crippen molar-refractivity contribution in [2.24, 2.45) is 11.1 Å². The van der Waals surface area contributed by atoms with Gasteiger partial charge in [0.05, 0.1) is 5.41 Å². The van der Waals surface area contributed by atoms with Crippen molar-refractivity contribution < 1.29 is 4.79 Å². The Morgan fingerprint density at radius 1 is 1.64 bits per heavy atom. The Bertz CT molecular complexity index is 240. The number of carbonyl (C=O) groups excluding carboxylic acids is 1. The van der Waals surface area contributed by atoms with Crippen LogP contribution in [0.1, 0.15) is 19.3 Å². The van der Waals surface area contributed by atoms with Gasteiger partial charge in [0.15, 0.2) is 0 Å². The van der Waals surface area contributed by atoms with Gasteiger partial charge in [-0.15, -0.1) is 0 Å². The highest BCUT2D eigenvalue weighted by atomic mass is 16.1. The summed E-state index contributed by atoms with van der Waals surface area (Å²) in [6, 6.07) is 0.356. The van der Waals surface area contributed by atoms with Crippen LogP contribution in [0.5, 0.6) is 0 Å². The Morgan fingerprint density at radius 3 is 3.07 bits per heavy atom. The van der Waals surface area contributed by atoms with Crippen molar-refractivity contribution in [3.8, 4) is 0 Å². The second kappa shape index (κ2) is 3.51. The molecule has 2 aliphatic heterocycles. The molecule has 80 valence electrons. The molecular formula is C10H19N3O. The smallest absolute Gasteiger partial charge is 0.226 e. The van der Waals surface area contributed by atoms with Gasteiger partial charge in [-0.3, -0.25) is 4.79 Å². The topological polar surface area (TPSA) is 58.4 Å². The number of piperidine rings is 2. The van der Waals surface area contributed by atoms with E-state index >= 15 is 0 Å². The number of nitrogens with one attached hydrogen (secondary N) is 1. The van der Waals surface area contributed by atoms with E-state index in [1.165, 1.54) is 0 Å². The summed E-state index contributed by atoms with van der Waals surface area (Å²) < 4.78 is 0. The summed E-state index contributed by atoms with van der Waals surface area (Å²) in [7, 11) is 2.10. The minimum atomic E-state index is -0.300. The van der Waals surface area contributed by atoms with Crippen LogP contribution in [0, 0.1) is 5.41 Å². The molecule has 14 heavy (non-hydrogen) atoms. The Morgan fingerprint density at radius 2 is 2.43 bits per heavy atom. The summed E-state index contributed by atoms with van der Waals surface area (Å²) >= 11 is 0. The van der Waals surface area contributed by atoms with Gasteiger partial charge < -0.3 is 16.0 Å². The molecule has 0 saturated carbocycles. The van der Waals surface area contributed by atoms with E-state index in [2.05, 4.69) is 17.3 Å². The molecule has 2 fully saturated rings. The Kier molecular flexibility index (Phi) is 2.49. The van der Waals surface area contributed by atoms with Gasteiger partial charge in [-0.1, -0.05) is 0 Å². The molecule has 0 bridgehead atoms. The lowest BCUT2D eigenvalue weighted by Gasteiger charge is -2.49. The molecule has 2 atom stereocenters. The molecule has 0 aliphatic carbocycles. The van der Waals surface area contributed by atoms with Gasteiger partial charge in [0.1, 0.15) is 0 Å². The summed E-state index contributed by atoms with van der Waals surface area (Å²) in [6.07, 6.45) is 3.07. The summed E-state index contributed by atoms with van der Waals surface area (Å²) in [4.78, 5) is 13.9. The van der Waals surface area contributed by atoms with Crippen LogP contribution in [0.4, 0.5) is 0 Å². The zero-order chi connectivity index (χ0) is 10.2. The molecule has 4 heteroatoms. The molecule has 0 aromatic carbocycles. The molecular weight excluding hydrogens is 178 g/mol. The van der Waals surface area contributed by atoms with E-state index in [0.29, 0.717) is 6.04 Å². The maximum absolute atomic E-state index is 11.6. The minimum absolute atomic E-state index is 0.124. The predicted octanol–water partition coefficient (Wildman–Crippen LogP) is -0.454. The first-order valence-corrected chi connectivity index (χ1v) is 5.38. The third kappa shape index (κ3) is 1.33. The summed E-state index contributed by atoms with van der Waals surface area (Å²) in [5.74, 6) is -0.124. The number of likely N-dealkylation sites (tertiary alicyclic amines) is 1. The van der Waals surface area contributed by atoms with Crippen LogP contribution in [0.15, 0.2) is 0 Å². The molecule has 2 heterocycles. The Labute approximate surface area is 84.8 Å². The highest BCUT2D eigenvalue weighted by Gasteiger charge is 2.49. The maximum Gasteiger partial charge on any atom is 0.226 e. The van der Waals surface area contributed by atoms with E-state index in [1.807, 2.05) is 0 Å². The number of primary amides is 1. The predicted molar refractivity (Wildman–Crippen MR) is 54.8 cm³/mol. The largest absolute Gasteiger partial charge is 0.369 e.